The summed E-state index contributed by atoms with van der Waals surface area (Å²) in [4.78, 5) is 32.8. The molecular weight excluding hydrogens is 977 g/mol. The van der Waals surface area contributed by atoms with Crippen LogP contribution in [0.2, 0.25) is 0 Å². The zero-order valence-electron chi connectivity index (χ0n) is 52.5. The van der Waals surface area contributed by atoms with Gasteiger partial charge in [-0.15, -0.1) is 0 Å². The van der Waals surface area contributed by atoms with Crippen LogP contribution in [-0.2, 0) is 24.1 Å². The standard InChI is InChI=1S/C74H120N4O2/c1-5-9-12-15-18-21-24-27-30-31-32-35-36-39-42-45-48-51-64-54-56-75-68(58-64)70-59-65(52-49-46-43-40-37-33-28-25-22-19-16-13-10-6-2)61-72(77-70)73-62-66(53-50-47-44-41-38-34-29-26-23-20-17-14-11-7-3)60-71(78-73)69-63-67(55-57-76-69)80-74(79)8-4/h54-63H,5-53H2,1-4H3. The van der Waals surface area contributed by atoms with Crippen LogP contribution in [0.1, 0.15) is 340 Å². The topological polar surface area (TPSA) is 77.9 Å². The van der Waals surface area contributed by atoms with E-state index in [0.717, 1.165) is 54.2 Å². The molecule has 0 amide bonds. The van der Waals surface area contributed by atoms with Crippen molar-refractivity contribution in [3.63, 3.8) is 0 Å². The number of carbonyl (C=O) groups excluding carboxylic acids is 1. The van der Waals surface area contributed by atoms with Crippen LogP contribution < -0.4 is 4.74 Å². The normalized spacial score (nSPS) is 11.5. The molecule has 0 fully saturated rings. The third-order valence-corrected chi connectivity index (χ3v) is 16.8. The fourth-order valence-corrected chi connectivity index (χ4v) is 11.7. The molecule has 4 aromatic rings. The fraction of sp³-hybridized carbons (Fsp3) is 0.716. The fourth-order valence-electron chi connectivity index (χ4n) is 11.7. The lowest BCUT2D eigenvalue weighted by atomic mass is 9.99. The number of esters is 1. The zero-order chi connectivity index (χ0) is 56.6. The third kappa shape index (κ3) is 33.2. The van der Waals surface area contributed by atoms with E-state index >= 15 is 0 Å². The molecule has 4 heterocycles. The minimum atomic E-state index is -0.257. The predicted molar refractivity (Wildman–Crippen MR) is 346 cm³/mol. The van der Waals surface area contributed by atoms with E-state index in [9.17, 15) is 4.79 Å². The summed E-state index contributed by atoms with van der Waals surface area (Å²) in [6.07, 6.45) is 68.6. The summed E-state index contributed by atoms with van der Waals surface area (Å²) in [5, 5.41) is 0. The van der Waals surface area contributed by atoms with Gasteiger partial charge in [-0.2, -0.15) is 0 Å². The van der Waals surface area contributed by atoms with Crippen molar-refractivity contribution in [2.24, 2.45) is 0 Å². The lowest BCUT2D eigenvalue weighted by Gasteiger charge is -2.13. The number of unbranched alkanes of at least 4 members (excludes halogenated alkanes) is 42. The van der Waals surface area contributed by atoms with Crippen molar-refractivity contribution in [2.45, 2.75) is 342 Å². The predicted octanol–water partition coefficient (Wildman–Crippen LogP) is 23.8. The number of pyridine rings is 4. The molecule has 0 spiro atoms. The molecule has 6 heteroatoms. The Balaban J connectivity index is 1.40. The van der Waals surface area contributed by atoms with Gasteiger partial charge in [0.05, 0.1) is 34.2 Å². The number of ether oxygens (including phenoxy) is 1. The highest BCUT2D eigenvalue weighted by Gasteiger charge is 2.15. The average Bonchev–Trinajstić information content (AvgIpc) is 3.49. The van der Waals surface area contributed by atoms with Gasteiger partial charge in [0.2, 0.25) is 0 Å². The van der Waals surface area contributed by atoms with Crippen molar-refractivity contribution in [2.75, 3.05) is 0 Å². The van der Waals surface area contributed by atoms with Crippen molar-refractivity contribution < 1.29 is 9.53 Å². The molecular formula is C74H120N4O2. The van der Waals surface area contributed by atoms with Crippen LogP contribution in [-0.4, -0.2) is 25.9 Å². The zero-order valence-corrected chi connectivity index (χ0v) is 52.5. The largest absolute Gasteiger partial charge is 0.426 e. The molecule has 0 saturated carbocycles. The minimum absolute atomic E-state index is 0.257. The first-order valence-corrected chi connectivity index (χ1v) is 34.7. The summed E-state index contributed by atoms with van der Waals surface area (Å²) in [7, 11) is 0. The van der Waals surface area contributed by atoms with Gasteiger partial charge in [-0.05, 0) is 97.7 Å². The van der Waals surface area contributed by atoms with Gasteiger partial charge < -0.3 is 4.74 Å². The van der Waals surface area contributed by atoms with Gasteiger partial charge in [-0.25, -0.2) is 9.97 Å². The molecule has 80 heavy (non-hydrogen) atoms. The number of hydrogen-bond acceptors (Lipinski definition) is 6. The van der Waals surface area contributed by atoms with E-state index in [2.05, 4.69) is 57.2 Å². The Morgan fingerprint density at radius 3 is 0.863 bits per heavy atom. The Morgan fingerprint density at radius 2 is 0.550 bits per heavy atom. The highest BCUT2D eigenvalue weighted by molar-refractivity contribution is 5.73. The Labute approximate surface area is 492 Å². The molecule has 0 aromatic carbocycles. The number of hydrogen-bond donors (Lipinski definition) is 0. The number of nitrogens with zero attached hydrogens (tertiary/aromatic N) is 4. The van der Waals surface area contributed by atoms with Crippen molar-refractivity contribution in [3.8, 4) is 39.9 Å². The maximum Gasteiger partial charge on any atom is 0.310 e. The SMILES string of the molecule is CCCCCCCCCCCCCCCCCCCc1ccnc(-c2cc(CCCCCCCCCCCCCCCC)cc(-c3cc(CCCCCCCCCCCCCCCC)cc(-c4cc(OC(=O)CC)ccn4)n3)n2)c1. The molecule has 4 aromatic heterocycles. The molecule has 0 aliphatic rings. The molecule has 6 nitrogen and oxygen atoms in total. The second-order valence-electron chi connectivity index (χ2n) is 24.3. The molecule has 0 unspecified atom stereocenters. The number of aryl methyl sites for hydroxylation is 3. The molecule has 0 radical (unpaired) electrons. The van der Waals surface area contributed by atoms with Gasteiger partial charge in [-0.3, -0.25) is 14.8 Å². The second-order valence-corrected chi connectivity index (χ2v) is 24.3. The van der Waals surface area contributed by atoms with Crippen molar-refractivity contribution in [1.29, 1.82) is 0 Å². The molecule has 0 bridgehead atoms. The van der Waals surface area contributed by atoms with Crippen LogP contribution in [0, 0.1) is 0 Å². The van der Waals surface area contributed by atoms with Crippen LogP contribution in [0.25, 0.3) is 34.2 Å². The summed E-state index contributed by atoms with van der Waals surface area (Å²) < 4.78 is 5.67. The monoisotopic (exact) mass is 1100 g/mol. The first-order chi connectivity index (χ1) is 39.5. The number of aromatic nitrogens is 4. The Hall–Kier alpha value is -3.93. The van der Waals surface area contributed by atoms with Gasteiger partial charge in [0.1, 0.15) is 5.75 Å². The quantitative estimate of drug-likeness (QED) is 0.0324. The van der Waals surface area contributed by atoms with Gasteiger partial charge >= 0.3 is 5.97 Å². The Morgan fingerprint density at radius 1 is 0.300 bits per heavy atom. The lowest BCUT2D eigenvalue weighted by Crippen LogP contribution is -2.05. The molecule has 0 atom stereocenters. The third-order valence-electron chi connectivity index (χ3n) is 16.8. The highest BCUT2D eigenvalue weighted by Crippen LogP contribution is 2.30. The maximum atomic E-state index is 12.4. The lowest BCUT2D eigenvalue weighted by molar-refractivity contribution is -0.134. The van der Waals surface area contributed by atoms with E-state index in [1.54, 1.807) is 12.3 Å². The maximum absolute atomic E-state index is 12.4. The average molecular weight is 1100 g/mol. The van der Waals surface area contributed by atoms with Crippen LogP contribution in [0.15, 0.2) is 60.9 Å². The van der Waals surface area contributed by atoms with Crippen LogP contribution in [0.5, 0.6) is 5.75 Å². The van der Waals surface area contributed by atoms with Crippen LogP contribution >= 0.6 is 0 Å². The van der Waals surface area contributed by atoms with E-state index in [-0.39, 0.29) is 5.97 Å². The van der Waals surface area contributed by atoms with E-state index in [1.807, 2.05) is 19.2 Å². The first kappa shape index (κ1) is 68.6. The van der Waals surface area contributed by atoms with E-state index in [4.69, 9.17) is 24.7 Å². The van der Waals surface area contributed by atoms with E-state index in [1.165, 1.54) is 299 Å². The number of carbonyl (C=O) groups is 1. The molecule has 0 aliphatic heterocycles. The van der Waals surface area contributed by atoms with Crippen molar-refractivity contribution in [3.05, 3.63) is 77.6 Å². The van der Waals surface area contributed by atoms with Crippen LogP contribution in [0.4, 0.5) is 0 Å². The van der Waals surface area contributed by atoms with E-state index in [0.29, 0.717) is 17.9 Å². The Bertz CT molecular complexity index is 2120. The smallest absolute Gasteiger partial charge is 0.310 e. The van der Waals surface area contributed by atoms with E-state index < -0.39 is 0 Å². The van der Waals surface area contributed by atoms with Crippen molar-refractivity contribution in [1.82, 2.24) is 19.9 Å². The highest BCUT2D eigenvalue weighted by atomic mass is 16.5. The van der Waals surface area contributed by atoms with Gasteiger partial charge in [0.25, 0.3) is 0 Å². The molecule has 0 N–H and O–H groups in total. The molecule has 0 saturated heterocycles. The van der Waals surface area contributed by atoms with Gasteiger partial charge in [0, 0.05) is 24.9 Å². The van der Waals surface area contributed by atoms with Crippen LogP contribution in [0.3, 0.4) is 0 Å². The summed E-state index contributed by atoms with van der Waals surface area (Å²) in [6.45, 7) is 8.73. The molecule has 0 aliphatic carbocycles. The summed E-state index contributed by atoms with van der Waals surface area (Å²) in [6, 6.07) is 17.2. The summed E-state index contributed by atoms with van der Waals surface area (Å²) in [5.41, 5.74) is 9.02. The minimum Gasteiger partial charge on any atom is -0.426 e. The molecule has 448 valence electrons. The molecule has 4 rings (SSSR count). The van der Waals surface area contributed by atoms with Gasteiger partial charge in [0.15, 0.2) is 0 Å². The Kier molecular flexibility index (Phi) is 40.8. The van der Waals surface area contributed by atoms with Gasteiger partial charge in [-0.1, -0.05) is 297 Å². The first-order valence-electron chi connectivity index (χ1n) is 34.7. The van der Waals surface area contributed by atoms with Crippen molar-refractivity contribution >= 4 is 5.97 Å². The second kappa shape index (κ2) is 47.5. The summed E-state index contributed by atoms with van der Waals surface area (Å²) >= 11 is 0. The number of rotatable bonds is 53. The summed E-state index contributed by atoms with van der Waals surface area (Å²) in [5.74, 6) is 0.242.